The van der Waals surface area contributed by atoms with E-state index in [2.05, 4.69) is 11.8 Å². The Hall–Kier alpha value is 0.310. The summed E-state index contributed by atoms with van der Waals surface area (Å²) in [6, 6.07) is 0. The van der Waals surface area contributed by atoms with Crippen LogP contribution in [0.25, 0.3) is 0 Å². The molecule has 0 aromatic rings. The normalized spacial score (nSPS) is 34.1. The lowest BCUT2D eigenvalue weighted by Gasteiger charge is -2.20. The highest BCUT2D eigenvalue weighted by molar-refractivity contribution is 7.99. The lowest BCUT2D eigenvalue weighted by Crippen LogP contribution is -2.19. The highest BCUT2D eigenvalue weighted by Gasteiger charge is 2.48. The van der Waals surface area contributed by atoms with Crippen molar-refractivity contribution in [1.29, 1.82) is 0 Å². The fourth-order valence-electron chi connectivity index (χ4n) is 2.33. The van der Waals surface area contributed by atoms with Crippen molar-refractivity contribution in [3.05, 3.63) is 0 Å². The van der Waals surface area contributed by atoms with Crippen molar-refractivity contribution in [2.75, 3.05) is 18.1 Å². The van der Waals surface area contributed by atoms with Gasteiger partial charge in [0.1, 0.15) is 0 Å². The molecule has 1 aliphatic carbocycles. The second-order valence-electron chi connectivity index (χ2n) is 3.96. The lowest BCUT2D eigenvalue weighted by molar-refractivity contribution is 0.321. The third-order valence-electron chi connectivity index (χ3n) is 3.33. The van der Waals surface area contributed by atoms with Crippen molar-refractivity contribution in [2.45, 2.75) is 25.7 Å². The second-order valence-corrected chi connectivity index (χ2v) is 5.11. The van der Waals surface area contributed by atoms with Gasteiger partial charge in [-0.1, -0.05) is 0 Å². The van der Waals surface area contributed by atoms with Crippen LogP contribution in [-0.4, -0.2) is 18.1 Å². The van der Waals surface area contributed by atoms with Gasteiger partial charge in [-0.25, -0.2) is 0 Å². The van der Waals surface area contributed by atoms with Crippen molar-refractivity contribution in [3.63, 3.8) is 0 Å². The summed E-state index contributed by atoms with van der Waals surface area (Å²) in [5.41, 5.74) is 6.35. The van der Waals surface area contributed by atoms with Gasteiger partial charge in [-0.2, -0.15) is 11.8 Å². The first-order valence-corrected chi connectivity index (χ1v) is 5.81. The van der Waals surface area contributed by atoms with Gasteiger partial charge in [0.15, 0.2) is 0 Å². The van der Waals surface area contributed by atoms with Crippen molar-refractivity contribution in [1.82, 2.24) is 0 Å². The van der Waals surface area contributed by atoms with E-state index in [0.717, 1.165) is 17.9 Å². The Bertz CT molecular complexity index is 136. The Labute approximate surface area is 73.1 Å². The van der Waals surface area contributed by atoms with Gasteiger partial charge in [0.2, 0.25) is 0 Å². The molecule has 11 heavy (non-hydrogen) atoms. The minimum Gasteiger partial charge on any atom is -0.330 e. The number of hydrogen-bond acceptors (Lipinski definition) is 2. The van der Waals surface area contributed by atoms with E-state index in [1.165, 1.54) is 37.2 Å². The average Bonchev–Trinajstić information content (AvgIpc) is 2.63. The molecule has 0 aromatic heterocycles. The largest absolute Gasteiger partial charge is 0.330 e. The quantitative estimate of drug-likeness (QED) is 0.701. The van der Waals surface area contributed by atoms with Crippen LogP contribution in [0.15, 0.2) is 0 Å². The zero-order valence-electron chi connectivity index (χ0n) is 7.01. The van der Waals surface area contributed by atoms with Crippen molar-refractivity contribution in [2.24, 2.45) is 17.1 Å². The Morgan fingerprint density at radius 2 is 2.27 bits per heavy atom. The van der Waals surface area contributed by atoms with Crippen molar-refractivity contribution >= 4 is 11.8 Å². The van der Waals surface area contributed by atoms with Crippen LogP contribution < -0.4 is 5.73 Å². The third-order valence-corrected chi connectivity index (χ3v) is 4.49. The van der Waals surface area contributed by atoms with E-state index < -0.39 is 0 Å². The molecule has 1 saturated carbocycles. The fourth-order valence-corrected chi connectivity index (χ4v) is 3.75. The van der Waals surface area contributed by atoms with Crippen LogP contribution in [0.1, 0.15) is 25.7 Å². The standard InChI is InChI=1S/C9H17NS/c10-5-4-9(2-3-9)8-1-6-11-7-8/h8H,1-7,10H2. The Balaban J connectivity index is 1.91. The van der Waals surface area contributed by atoms with Crippen LogP contribution in [0, 0.1) is 11.3 Å². The maximum Gasteiger partial charge on any atom is -0.00335 e. The number of nitrogens with two attached hydrogens (primary N) is 1. The molecule has 1 atom stereocenters. The minimum absolute atomic E-state index is 0.734. The lowest BCUT2D eigenvalue weighted by atomic mass is 9.86. The molecule has 0 radical (unpaired) electrons. The summed E-state index contributed by atoms with van der Waals surface area (Å²) in [7, 11) is 0. The highest BCUT2D eigenvalue weighted by atomic mass is 32.2. The summed E-state index contributed by atoms with van der Waals surface area (Å²) in [6.45, 7) is 0.904. The molecule has 64 valence electrons. The SMILES string of the molecule is NCCC1(C2CCSC2)CC1. The van der Waals surface area contributed by atoms with E-state index in [1.807, 2.05) is 0 Å². The minimum atomic E-state index is 0.734. The number of thioether (sulfide) groups is 1. The monoisotopic (exact) mass is 171 g/mol. The molecule has 0 bridgehead atoms. The van der Waals surface area contributed by atoms with Gasteiger partial charge in [0, 0.05) is 0 Å². The van der Waals surface area contributed by atoms with Gasteiger partial charge >= 0.3 is 0 Å². The zero-order chi connectivity index (χ0) is 7.73. The van der Waals surface area contributed by atoms with E-state index in [4.69, 9.17) is 5.73 Å². The van der Waals surface area contributed by atoms with E-state index in [-0.39, 0.29) is 0 Å². The van der Waals surface area contributed by atoms with E-state index in [1.54, 1.807) is 0 Å². The molecule has 0 spiro atoms. The molecule has 0 aromatic carbocycles. The molecule has 0 amide bonds. The van der Waals surface area contributed by atoms with Gasteiger partial charge in [0.25, 0.3) is 0 Å². The first kappa shape index (κ1) is 7.93. The predicted molar refractivity (Wildman–Crippen MR) is 50.8 cm³/mol. The molecular formula is C9H17NS. The highest BCUT2D eigenvalue weighted by Crippen LogP contribution is 2.58. The molecule has 2 heteroatoms. The summed E-state index contributed by atoms with van der Waals surface area (Å²) in [6.07, 6.45) is 5.69. The molecular weight excluding hydrogens is 154 g/mol. The summed E-state index contributed by atoms with van der Waals surface area (Å²) >= 11 is 2.13. The van der Waals surface area contributed by atoms with Crippen LogP contribution in [0.3, 0.4) is 0 Å². The van der Waals surface area contributed by atoms with Gasteiger partial charge in [0.05, 0.1) is 0 Å². The van der Waals surface area contributed by atoms with Crippen molar-refractivity contribution in [3.8, 4) is 0 Å². The van der Waals surface area contributed by atoms with Crippen molar-refractivity contribution < 1.29 is 0 Å². The van der Waals surface area contributed by atoms with Crippen LogP contribution in [0.2, 0.25) is 0 Å². The molecule has 1 aliphatic heterocycles. The van der Waals surface area contributed by atoms with E-state index in [9.17, 15) is 0 Å². The molecule has 1 heterocycles. The Morgan fingerprint density at radius 3 is 2.73 bits per heavy atom. The van der Waals surface area contributed by atoms with E-state index in [0.29, 0.717) is 0 Å². The summed E-state index contributed by atoms with van der Waals surface area (Å²) in [5, 5.41) is 0. The van der Waals surface area contributed by atoms with Crippen LogP contribution >= 0.6 is 11.8 Å². The molecule has 1 nitrogen and oxygen atoms in total. The summed E-state index contributed by atoms with van der Waals surface area (Å²) < 4.78 is 0. The topological polar surface area (TPSA) is 26.0 Å². The van der Waals surface area contributed by atoms with Gasteiger partial charge in [-0.05, 0) is 55.1 Å². The summed E-state index contributed by atoms with van der Waals surface area (Å²) in [5.74, 6) is 3.84. The molecule has 1 unspecified atom stereocenters. The second kappa shape index (κ2) is 2.98. The third kappa shape index (κ3) is 1.43. The maximum atomic E-state index is 5.62. The smallest absolute Gasteiger partial charge is 0.00335 e. The number of hydrogen-bond donors (Lipinski definition) is 1. The molecule has 1 saturated heterocycles. The predicted octanol–water partition coefficient (Wildman–Crippen LogP) is 1.87. The van der Waals surface area contributed by atoms with Gasteiger partial charge < -0.3 is 5.73 Å². The first-order chi connectivity index (χ1) is 5.37. The van der Waals surface area contributed by atoms with Crippen LogP contribution in [0.5, 0.6) is 0 Å². The first-order valence-electron chi connectivity index (χ1n) is 4.65. The number of rotatable bonds is 3. The maximum absolute atomic E-state index is 5.62. The zero-order valence-corrected chi connectivity index (χ0v) is 7.83. The summed E-state index contributed by atoms with van der Waals surface area (Å²) in [4.78, 5) is 0. The van der Waals surface area contributed by atoms with E-state index >= 15 is 0 Å². The molecule has 2 N–H and O–H groups in total. The van der Waals surface area contributed by atoms with Crippen LogP contribution in [0.4, 0.5) is 0 Å². The average molecular weight is 171 g/mol. The molecule has 2 aliphatic rings. The fraction of sp³-hybridized carbons (Fsp3) is 1.00. The molecule has 2 fully saturated rings. The van der Waals surface area contributed by atoms with Crippen LogP contribution in [-0.2, 0) is 0 Å². The Morgan fingerprint density at radius 1 is 1.45 bits per heavy atom. The van der Waals surface area contributed by atoms with Gasteiger partial charge in [-0.15, -0.1) is 0 Å². The van der Waals surface area contributed by atoms with Gasteiger partial charge in [-0.3, -0.25) is 0 Å². The Kier molecular flexibility index (Phi) is 2.15. The molecule has 2 rings (SSSR count).